The maximum absolute atomic E-state index is 12.0. The van der Waals surface area contributed by atoms with Crippen LogP contribution >= 0.6 is 0 Å². The summed E-state index contributed by atoms with van der Waals surface area (Å²) in [5.74, 6) is 0.789. The summed E-state index contributed by atoms with van der Waals surface area (Å²) in [4.78, 5) is 12.0. The number of nitrogens with one attached hydrogen (secondary N) is 2. The summed E-state index contributed by atoms with van der Waals surface area (Å²) in [5.41, 5.74) is 1.80. The maximum Gasteiger partial charge on any atom is 0.239 e. The second kappa shape index (κ2) is 8.47. The fourth-order valence-electron chi connectivity index (χ4n) is 2.64. The first-order chi connectivity index (χ1) is 10.6. The molecule has 0 bridgehead atoms. The molecule has 120 valence electrons. The first-order valence-corrected chi connectivity index (χ1v) is 8.04. The fourth-order valence-corrected chi connectivity index (χ4v) is 2.64. The monoisotopic (exact) mass is 302 g/mol. The first-order valence-electron chi connectivity index (χ1n) is 8.04. The molecular formula is C18H26N2O2. The van der Waals surface area contributed by atoms with Gasteiger partial charge in [0.25, 0.3) is 0 Å². The molecule has 4 heteroatoms. The van der Waals surface area contributed by atoms with E-state index in [2.05, 4.69) is 17.2 Å². The van der Waals surface area contributed by atoms with Gasteiger partial charge in [-0.1, -0.05) is 38.0 Å². The average molecular weight is 302 g/mol. The van der Waals surface area contributed by atoms with Crippen molar-refractivity contribution < 1.29 is 9.53 Å². The largest absolute Gasteiger partial charge is 0.487 e. The zero-order valence-electron chi connectivity index (χ0n) is 13.4. The van der Waals surface area contributed by atoms with Gasteiger partial charge in [0.05, 0.1) is 12.2 Å². The highest BCUT2D eigenvalue weighted by atomic mass is 16.5. The molecule has 1 amide bonds. The molecule has 1 saturated carbocycles. The number of carbonyl (C=O) groups excluding carboxylic acids is 1. The molecule has 22 heavy (non-hydrogen) atoms. The van der Waals surface area contributed by atoms with Crippen LogP contribution in [0.5, 0.6) is 5.75 Å². The highest BCUT2D eigenvalue weighted by Gasteiger charge is 2.15. The minimum absolute atomic E-state index is 0.0432. The van der Waals surface area contributed by atoms with Crippen LogP contribution in [-0.2, 0) is 4.79 Å². The summed E-state index contributed by atoms with van der Waals surface area (Å²) in [7, 11) is 0. The Bertz CT molecular complexity index is 508. The highest BCUT2D eigenvalue weighted by Crippen LogP contribution is 2.24. The van der Waals surface area contributed by atoms with Crippen molar-refractivity contribution in [2.75, 3.05) is 18.5 Å². The molecule has 0 unspecified atom stereocenters. The normalized spacial score (nSPS) is 15.1. The predicted molar refractivity (Wildman–Crippen MR) is 90.3 cm³/mol. The number of ether oxygens (including phenoxy) is 1. The molecule has 0 radical (unpaired) electrons. The number of carbonyl (C=O) groups is 1. The van der Waals surface area contributed by atoms with Crippen molar-refractivity contribution >= 4 is 11.6 Å². The van der Waals surface area contributed by atoms with E-state index in [0.29, 0.717) is 12.6 Å². The fraction of sp³-hybridized carbons (Fsp3) is 0.500. The molecule has 0 saturated heterocycles. The van der Waals surface area contributed by atoms with Crippen molar-refractivity contribution in [2.45, 2.75) is 45.1 Å². The van der Waals surface area contributed by atoms with Gasteiger partial charge < -0.3 is 15.4 Å². The molecule has 4 nitrogen and oxygen atoms in total. The predicted octanol–water partition coefficient (Wildman–Crippen LogP) is 3.50. The molecule has 0 aliphatic heterocycles. The van der Waals surface area contributed by atoms with Gasteiger partial charge in [-0.05, 0) is 37.5 Å². The van der Waals surface area contributed by atoms with Gasteiger partial charge in [-0.15, -0.1) is 0 Å². The van der Waals surface area contributed by atoms with Crippen LogP contribution in [-0.4, -0.2) is 25.1 Å². The number of amides is 1. The lowest BCUT2D eigenvalue weighted by Crippen LogP contribution is -2.39. The van der Waals surface area contributed by atoms with Crippen molar-refractivity contribution in [3.63, 3.8) is 0 Å². The number of rotatable bonds is 7. The van der Waals surface area contributed by atoms with Crippen LogP contribution in [0, 0.1) is 0 Å². The third-order valence-corrected chi connectivity index (χ3v) is 3.77. The van der Waals surface area contributed by atoms with E-state index in [0.717, 1.165) is 29.9 Å². The highest BCUT2D eigenvalue weighted by molar-refractivity contribution is 5.81. The minimum Gasteiger partial charge on any atom is -0.487 e. The Morgan fingerprint density at radius 3 is 2.73 bits per heavy atom. The second-order valence-electron chi connectivity index (χ2n) is 6.00. The van der Waals surface area contributed by atoms with Gasteiger partial charge in [-0.3, -0.25) is 4.79 Å². The molecule has 1 aromatic carbocycles. The molecule has 1 aromatic rings. The van der Waals surface area contributed by atoms with E-state index in [-0.39, 0.29) is 12.5 Å². The van der Waals surface area contributed by atoms with Gasteiger partial charge in [0.2, 0.25) is 5.91 Å². The molecule has 2 N–H and O–H groups in total. The first kappa shape index (κ1) is 16.4. The topological polar surface area (TPSA) is 50.4 Å². The standard InChI is InChI=1S/C18H26N2O2/c1-14(2)13-22-17-11-7-6-10-16(17)19-12-18(21)20-15-8-4-3-5-9-15/h6-7,10-11,15,19H,1,3-5,8-9,12-13H2,2H3,(H,20,21). The smallest absolute Gasteiger partial charge is 0.239 e. The van der Waals surface area contributed by atoms with Gasteiger partial charge in [-0.25, -0.2) is 0 Å². The Labute approximate surface area is 132 Å². The number of benzene rings is 1. The summed E-state index contributed by atoms with van der Waals surface area (Å²) in [6.07, 6.45) is 5.93. The number of para-hydroxylation sites is 2. The lowest BCUT2D eigenvalue weighted by Gasteiger charge is -2.23. The van der Waals surface area contributed by atoms with Crippen molar-refractivity contribution in [2.24, 2.45) is 0 Å². The van der Waals surface area contributed by atoms with E-state index in [1.807, 2.05) is 31.2 Å². The van der Waals surface area contributed by atoms with Crippen LogP contribution in [0.25, 0.3) is 0 Å². The van der Waals surface area contributed by atoms with Crippen LogP contribution in [0.3, 0.4) is 0 Å². The third kappa shape index (κ3) is 5.43. The van der Waals surface area contributed by atoms with Gasteiger partial charge in [0.1, 0.15) is 12.4 Å². The van der Waals surface area contributed by atoms with E-state index in [1.54, 1.807) is 0 Å². The molecule has 0 aromatic heterocycles. The van der Waals surface area contributed by atoms with E-state index < -0.39 is 0 Å². The van der Waals surface area contributed by atoms with Crippen LogP contribution in [0.4, 0.5) is 5.69 Å². The van der Waals surface area contributed by atoms with Crippen LogP contribution in [0.2, 0.25) is 0 Å². The summed E-state index contributed by atoms with van der Waals surface area (Å²) < 4.78 is 5.69. The molecule has 0 spiro atoms. The summed E-state index contributed by atoms with van der Waals surface area (Å²) in [6.45, 7) is 6.50. The lowest BCUT2D eigenvalue weighted by atomic mass is 9.95. The zero-order valence-corrected chi connectivity index (χ0v) is 13.4. The Morgan fingerprint density at radius 2 is 2.00 bits per heavy atom. The summed E-state index contributed by atoms with van der Waals surface area (Å²) in [6, 6.07) is 8.00. The van der Waals surface area contributed by atoms with Gasteiger partial charge in [-0.2, -0.15) is 0 Å². The number of anilines is 1. The van der Waals surface area contributed by atoms with Crippen LogP contribution < -0.4 is 15.4 Å². The molecule has 0 atom stereocenters. The van der Waals surface area contributed by atoms with E-state index in [4.69, 9.17) is 4.74 Å². The molecule has 0 heterocycles. The van der Waals surface area contributed by atoms with Crippen molar-refractivity contribution in [3.05, 3.63) is 36.4 Å². The van der Waals surface area contributed by atoms with Crippen LogP contribution in [0.15, 0.2) is 36.4 Å². The Morgan fingerprint density at radius 1 is 1.27 bits per heavy atom. The Balaban J connectivity index is 1.82. The third-order valence-electron chi connectivity index (χ3n) is 3.77. The van der Waals surface area contributed by atoms with Crippen LogP contribution in [0.1, 0.15) is 39.0 Å². The van der Waals surface area contributed by atoms with E-state index in [9.17, 15) is 4.79 Å². The van der Waals surface area contributed by atoms with Gasteiger partial charge in [0.15, 0.2) is 0 Å². The molecule has 1 aliphatic carbocycles. The lowest BCUT2D eigenvalue weighted by molar-refractivity contribution is -0.120. The number of hydrogen-bond acceptors (Lipinski definition) is 3. The summed E-state index contributed by atoms with van der Waals surface area (Å²) >= 11 is 0. The Hall–Kier alpha value is -1.97. The van der Waals surface area contributed by atoms with E-state index >= 15 is 0 Å². The molecule has 2 rings (SSSR count). The van der Waals surface area contributed by atoms with Gasteiger partial charge >= 0.3 is 0 Å². The van der Waals surface area contributed by atoms with Crippen molar-refractivity contribution in [1.82, 2.24) is 5.32 Å². The van der Waals surface area contributed by atoms with E-state index in [1.165, 1.54) is 19.3 Å². The van der Waals surface area contributed by atoms with Crippen molar-refractivity contribution in [3.8, 4) is 5.75 Å². The van der Waals surface area contributed by atoms with Crippen molar-refractivity contribution in [1.29, 1.82) is 0 Å². The summed E-state index contributed by atoms with van der Waals surface area (Å²) in [5, 5.41) is 6.26. The molecule has 1 aliphatic rings. The maximum atomic E-state index is 12.0. The zero-order chi connectivity index (χ0) is 15.8. The number of hydrogen-bond donors (Lipinski definition) is 2. The SMILES string of the molecule is C=C(C)COc1ccccc1NCC(=O)NC1CCCCC1. The Kier molecular flexibility index (Phi) is 6.31. The minimum atomic E-state index is 0.0432. The molecule has 1 fully saturated rings. The van der Waals surface area contributed by atoms with Gasteiger partial charge in [0, 0.05) is 6.04 Å². The second-order valence-corrected chi connectivity index (χ2v) is 6.00. The quantitative estimate of drug-likeness (QED) is 0.758. The average Bonchev–Trinajstić information content (AvgIpc) is 2.52. The molecular weight excluding hydrogens is 276 g/mol.